The molecule has 24 heavy (non-hydrogen) atoms. The fourth-order valence-electron chi connectivity index (χ4n) is 2.18. The highest BCUT2D eigenvalue weighted by Crippen LogP contribution is 2.23. The summed E-state index contributed by atoms with van der Waals surface area (Å²) in [6.07, 6.45) is 2.73. The standard InChI is InChI=1S/C16H16O6S2/c1-11-3-5-13(15(9-11)23(17,18)19)7-8-14-6-4-12(2)10-16(14)24(20,21)22/h3-10H,1-2H3,(H,17,18,19)(H,20,21,22)/b8-7+. The molecule has 0 aromatic heterocycles. The Balaban J connectivity index is 2.59. The van der Waals surface area contributed by atoms with Crippen molar-refractivity contribution in [3.8, 4) is 0 Å². The first-order chi connectivity index (χ1) is 11.0. The molecule has 0 aliphatic rings. The van der Waals surface area contributed by atoms with Crippen LogP contribution in [0.4, 0.5) is 0 Å². The number of hydrogen-bond acceptors (Lipinski definition) is 4. The molecule has 0 unspecified atom stereocenters. The second kappa shape index (κ2) is 6.48. The first-order valence-corrected chi connectivity index (χ1v) is 9.71. The van der Waals surface area contributed by atoms with Crippen LogP contribution >= 0.6 is 0 Å². The zero-order chi connectivity index (χ0) is 18.1. The van der Waals surface area contributed by atoms with Crippen LogP contribution in [0.2, 0.25) is 0 Å². The summed E-state index contributed by atoms with van der Waals surface area (Å²) < 4.78 is 64.5. The van der Waals surface area contributed by atoms with Gasteiger partial charge in [0.05, 0.1) is 0 Å². The van der Waals surface area contributed by atoms with Crippen molar-refractivity contribution in [1.29, 1.82) is 0 Å². The maximum Gasteiger partial charge on any atom is 0.295 e. The molecule has 2 aromatic carbocycles. The highest BCUT2D eigenvalue weighted by atomic mass is 32.2. The van der Waals surface area contributed by atoms with Crippen molar-refractivity contribution in [3.05, 3.63) is 58.7 Å². The van der Waals surface area contributed by atoms with Gasteiger partial charge >= 0.3 is 0 Å². The van der Waals surface area contributed by atoms with E-state index in [0.29, 0.717) is 11.1 Å². The van der Waals surface area contributed by atoms with Gasteiger partial charge in [-0.05, 0) is 48.2 Å². The van der Waals surface area contributed by atoms with Crippen LogP contribution in [-0.2, 0) is 20.2 Å². The van der Waals surface area contributed by atoms with Gasteiger partial charge in [-0.25, -0.2) is 0 Å². The zero-order valence-corrected chi connectivity index (χ0v) is 14.6. The van der Waals surface area contributed by atoms with Crippen LogP contribution in [0.1, 0.15) is 22.3 Å². The molecule has 0 amide bonds. The largest absolute Gasteiger partial charge is 0.295 e. The molecule has 0 atom stereocenters. The maximum atomic E-state index is 11.5. The van der Waals surface area contributed by atoms with E-state index in [1.165, 1.54) is 36.4 Å². The van der Waals surface area contributed by atoms with Crippen molar-refractivity contribution >= 4 is 32.4 Å². The smallest absolute Gasteiger partial charge is 0.282 e. The lowest BCUT2D eigenvalue weighted by atomic mass is 10.1. The topological polar surface area (TPSA) is 109 Å². The van der Waals surface area contributed by atoms with Crippen LogP contribution in [0, 0.1) is 13.8 Å². The van der Waals surface area contributed by atoms with Gasteiger partial charge in [0, 0.05) is 0 Å². The summed E-state index contributed by atoms with van der Waals surface area (Å²) in [6, 6.07) is 8.94. The molecule has 0 fully saturated rings. The molecule has 2 rings (SSSR count). The van der Waals surface area contributed by atoms with Crippen LogP contribution in [0.5, 0.6) is 0 Å². The minimum absolute atomic E-state index is 0.199. The molecule has 128 valence electrons. The number of aryl methyl sites for hydroxylation is 2. The van der Waals surface area contributed by atoms with E-state index in [4.69, 9.17) is 0 Å². The predicted molar refractivity (Wildman–Crippen MR) is 90.9 cm³/mol. The second-order valence-electron chi connectivity index (χ2n) is 5.37. The van der Waals surface area contributed by atoms with Crippen molar-refractivity contribution in [2.45, 2.75) is 23.6 Å². The molecule has 0 saturated heterocycles. The van der Waals surface area contributed by atoms with E-state index < -0.39 is 20.2 Å². The molecule has 0 bridgehead atoms. The third kappa shape index (κ3) is 4.30. The molecule has 2 N–H and O–H groups in total. The van der Waals surface area contributed by atoms with Gasteiger partial charge in [0.25, 0.3) is 20.2 Å². The molecule has 8 heteroatoms. The average Bonchev–Trinajstić information content (AvgIpc) is 2.45. The maximum absolute atomic E-state index is 11.5. The van der Waals surface area contributed by atoms with Crippen LogP contribution in [0.25, 0.3) is 12.2 Å². The van der Waals surface area contributed by atoms with E-state index in [0.717, 1.165) is 0 Å². The Hall–Kier alpha value is -2.00. The van der Waals surface area contributed by atoms with E-state index in [1.54, 1.807) is 26.0 Å². The van der Waals surface area contributed by atoms with Gasteiger partial charge in [0.15, 0.2) is 0 Å². The monoisotopic (exact) mass is 368 g/mol. The lowest BCUT2D eigenvalue weighted by Gasteiger charge is -2.06. The Morgan fingerprint density at radius 2 is 1.04 bits per heavy atom. The van der Waals surface area contributed by atoms with Crippen molar-refractivity contribution in [3.63, 3.8) is 0 Å². The van der Waals surface area contributed by atoms with Gasteiger partial charge < -0.3 is 0 Å². The van der Waals surface area contributed by atoms with Gasteiger partial charge in [-0.1, -0.05) is 36.4 Å². The van der Waals surface area contributed by atoms with E-state index in [-0.39, 0.29) is 20.9 Å². The molecule has 0 radical (unpaired) electrons. The van der Waals surface area contributed by atoms with Crippen molar-refractivity contribution in [2.24, 2.45) is 0 Å². The Bertz CT molecular complexity index is 935. The predicted octanol–water partition coefficient (Wildman–Crippen LogP) is 2.97. The molecule has 6 nitrogen and oxygen atoms in total. The summed E-state index contributed by atoms with van der Waals surface area (Å²) in [7, 11) is -8.85. The third-order valence-corrected chi connectivity index (χ3v) is 5.16. The van der Waals surface area contributed by atoms with Crippen LogP contribution in [0.3, 0.4) is 0 Å². The van der Waals surface area contributed by atoms with E-state index in [2.05, 4.69) is 0 Å². The van der Waals surface area contributed by atoms with Gasteiger partial charge in [0.2, 0.25) is 0 Å². The summed E-state index contributed by atoms with van der Waals surface area (Å²) in [6.45, 7) is 3.36. The zero-order valence-electron chi connectivity index (χ0n) is 13.0. The van der Waals surface area contributed by atoms with Crippen LogP contribution < -0.4 is 0 Å². The Labute approximate surface area is 141 Å². The van der Waals surface area contributed by atoms with Crippen LogP contribution in [-0.4, -0.2) is 25.9 Å². The van der Waals surface area contributed by atoms with Gasteiger partial charge in [0.1, 0.15) is 9.79 Å². The fraction of sp³-hybridized carbons (Fsp3) is 0.125. The Morgan fingerprint density at radius 3 is 1.33 bits per heavy atom. The third-order valence-electron chi connectivity index (χ3n) is 3.34. The first-order valence-electron chi connectivity index (χ1n) is 6.83. The molecular weight excluding hydrogens is 352 g/mol. The van der Waals surface area contributed by atoms with Crippen molar-refractivity contribution < 1.29 is 25.9 Å². The number of hydrogen-bond donors (Lipinski definition) is 2. The minimum atomic E-state index is -4.42. The molecule has 0 spiro atoms. The average molecular weight is 368 g/mol. The minimum Gasteiger partial charge on any atom is -0.282 e. The molecular formula is C16H16O6S2. The van der Waals surface area contributed by atoms with Crippen molar-refractivity contribution in [1.82, 2.24) is 0 Å². The van der Waals surface area contributed by atoms with Gasteiger partial charge in [-0.15, -0.1) is 0 Å². The summed E-state index contributed by atoms with van der Waals surface area (Å²) in [5, 5.41) is 0. The number of benzene rings is 2. The summed E-state index contributed by atoms with van der Waals surface area (Å²) in [5.74, 6) is 0. The highest BCUT2D eigenvalue weighted by molar-refractivity contribution is 7.86. The second-order valence-corrected chi connectivity index (χ2v) is 8.15. The van der Waals surface area contributed by atoms with Gasteiger partial charge in [-0.2, -0.15) is 16.8 Å². The lowest BCUT2D eigenvalue weighted by molar-refractivity contribution is 0.480. The Morgan fingerprint density at radius 1 is 0.708 bits per heavy atom. The van der Waals surface area contributed by atoms with E-state index >= 15 is 0 Å². The van der Waals surface area contributed by atoms with E-state index in [9.17, 15) is 25.9 Å². The fourth-order valence-corrected chi connectivity index (χ4v) is 3.72. The first kappa shape index (κ1) is 18.3. The molecule has 0 saturated carbocycles. The number of rotatable bonds is 4. The SMILES string of the molecule is Cc1ccc(/C=C/c2ccc(C)cc2S(=O)(=O)O)c(S(=O)(=O)O)c1. The quantitative estimate of drug-likeness (QED) is 0.634. The summed E-state index contributed by atoms with van der Waals surface area (Å²) >= 11 is 0. The van der Waals surface area contributed by atoms with Gasteiger partial charge in [-0.3, -0.25) is 9.11 Å². The lowest BCUT2D eigenvalue weighted by Crippen LogP contribution is -2.02. The molecule has 0 heterocycles. The van der Waals surface area contributed by atoms with E-state index in [1.807, 2.05) is 0 Å². The molecule has 0 aliphatic carbocycles. The summed E-state index contributed by atoms with van der Waals surface area (Å²) in [5.41, 5.74) is 1.69. The summed E-state index contributed by atoms with van der Waals surface area (Å²) in [4.78, 5) is -0.557. The Kier molecular flexibility index (Phi) is 4.95. The normalized spacial score (nSPS) is 12.7. The van der Waals surface area contributed by atoms with Crippen molar-refractivity contribution in [2.75, 3.05) is 0 Å². The molecule has 0 aliphatic heterocycles. The van der Waals surface area contributed by atoms with Crippen LogP contribution in [0.15, 0.2) is 46.2 Å². The highest BCUT2D eigenvalue weighted by Gasteiger charge is 2.16. The molecule has 2 aromatic rings.